The number of aryl methyl sites for hydroxylation is 3. The van der Waals surface area contributed by atoms with Gasteiger partial charge in [0.25, 0.3) is 0 Å². The van der Waals surface area contributed by atoms with Crippen molar-refractivity contribution in [3.8, 4) is 26.6 Å². The van der Waals surface area contributed by atoms with Crippen LogP contribution in [0.1, 0.15) is 97.1 Å². The molecule has 2 aliphatic rings. The second-order valence-corrected chi connectivity index (χ2v) is 21.3. The number of thiazole rings is 1. The van der Waals surface area contributed by atoms with Crippen LogP contribution in [0.3, 0.4) is 0 Å². The van der Waals surface area contributed by atoms with Gasteiger partial charge >= 0.3 is 5.97 Å². The molecular weight excluding hydrogens is 925 g/mol. The molecule has 18 heteroatoms. The molecule has 0 unspecified atom stereocenters. The summed E-state index contributed by atoms with van der Waals surface area (Å²) < 4.78 is 8.61. The van der Waals surface area contributed by atoms with Crippen LogP contribution in [0.4, 0.5) is 0 Å². The van der Waals surface area contributed by atoms with E-state index in [0.717, 1.165) is 70.5 Å². The predicted molar refractivity (Wildman–Crippen MR) is 270 cm³/mol. The summed E-state index contributed by atoms with van der Waals surface area (Å²) >= 11 is 3.22. The minimum atomic E-state index is -0.994. The van der Waals surface area contributed by atoms with E-state index < -0.39 is 41.5 Å². The summed E-state index contributed by atoms with van der Waals surface area (Å²) in [5.41, 5.74) is 10.3. The number of thiophene rings is 1. The summed E-state index contributed by atoms with van der Waals surface area (Å²) in [5.74, 6) is -0.322. The van der Waals surface area contributed by atoms with Crippen LogP contribution in [-0.4, -0.2) is 101 Å². The van der Waals surface area contributed by atoms with E-state index in [-0.39, 0.29) is 43.8 Å². The van der Waals surface area contributed by atoms with Crippen LogP contribution in [0.2, 0.25) is 0 Å². The topological polar surface area (TPSA) is 199 Å². The number of methoxy groups -OCH3 is 1. The van der Waals surface area contributed by atoms with Gasteiger partial charge in [0, 0.05) is 40.6 Å². The molecule has 3 aromatic carbocycles. The van der Waals surface area contributed by atoms with Crippen molar-refractivity contribution >= 4 is 63.0 Å². The molecule has 70 heavy (non-hydrogen) atoms. The molecule has 3 N–H and O–H groups in total. The van der Waals surface area contributed by atoms with E-state index in [1.807, 2.05) is 118 Å². The van der Waals surface area contributed by atoms with E-state index in [1.54, 1.807) is 33.6 Å². The highest BCUT2D eigenvalue weighted by molar-refractivity contribution is 7.15. The van der Waals surface area contributed by atoms with E-state index in [1.165, 1.54) is 12.0 Å². The van der Waals surface area contributed by atoms with Crippen molar-refractivity contribution in [1.29, 1.82) is 0 Å². The van der Waals surface area contributed by atoms with Crippen LogP contribution in [0.5, 0.6) is 0 Å². The van der Waals surface area contributed by atoms with Crippen LogP contribution in [0.15, 0.2) is 83.4 Å². The lowest BCUT2D eigenvalue weighted by molar-refractivity contribution is -0.144. The van der Waals surface area contributed by atoms with Gasteiger partial charge in [-0.15, -0.1) is 32.9 Å². The first-order valence-electron chi connectivity index (χ1n) is 23.2. The minimum Gasteiger partial charge on any atom is -0.469 e. The molecule has 0 bridgehead atoms. The maximum atomic E-state index is 14.4. The summed E-state index contributed by atoms with van der Waals surface area (Å²) in [7, 11) is 1.37. The zero-order valence-corrected chi connectivity index (χ0v) is 42.2. The Morgan fingerprint density at radius 3 is 2.30 bits per heavy atom. The minimum absolute atomic E-state index is 0.0180. The van der Waals surface area contributed by atoms with E-state index in [0.29, 0.717) is 17.2 Å². The van der Waals surface area contributed by atoms with Gasteiger partial charge in [-0.05, 0) is 80.0 Å². The molecule has 6 heterocycles. The maximum Gasteiger partial charge on any atom is 0.308 e. The average molecular weight is 981 g/mol. The van der Waals surface area contributed by atoms with Crippen molar-refractivity contribution in [2.24, 2.45) is 10.4 Å². The highest BCUT2D eigenvalue weighted by Crippen LogP contribution is 2.40. The van der Waals surface area contributed by atoms with E-state index in [9.17, 15) is 24.3 Å². The third kappa shape index (κ3) is 9.42. The number of aliphatic hydroxyl groups excluding tert-OH is 1. The number of carbonyl (C=O) groups is 4. The van der Waals surface area contributed by atoms with Crippen molar-refractivity contribution < 1.29 is 29.0 Å². The van der Waals surface area contributed by atoms with Crippen LogP contribution in [-0.2, 0) is 30.5 Å². The number of amides is 3. The molecule has 0 radical (unpaired) electrons. The molecule has 362 valence electrons. The standard InChI is InChI=1S/C52H56N10O6S2/c1-27-30(4)70-51-44(27)45(55-40(22-43(65)68-9)48-58-57-31(5)62(48)51)34-14-12-33(13-15-34)36-18-19-39-37(20-36)23-60(59-39)25-42(64)56-47(52(6,7)8)50(67)61-24-38(63)21-41(61)49(66)54-28(2)32-10-16-35(17-11-32)46-29(3)53-26-69-46/h10-20,23,26,28,38,40-41,47,63H,21-22,24-25H2,1-9H3,(H,54,66)(H,56,64)/t28-,38+,40-,41-,47+/m0/s1. The molecule has 1 fully saturated rings. The maximum absolute atomic E-state index is 14.4. The number of nitrogens with zero attached hydrogens (tertiary/aromatic N) is 8. The Morgan fingerprint density at radius 2 is 1.61 bits per heavy atom. The first-order valence-corrected chi connectivity index (χ1v) is 24.9. The number of esters is 1. The number of aliphatic imine (C=N–C) groups is 1. The van der Waals surface area contributed by atoms with Crippen molar-refractivity contribution in [3.63, 3.8) is 0 Å². The van der Waals surface area contributed by atoms with Crippen LogP contribution in [0.25, 0.3) is 37.5 Å². The van der Waals surface area contributed by atoms with Gasteiger partial charge in [0.2, 0.25) is 17.7 Å². The second-order valence-electron chi connectivity index (χ2n) is 19.2. The van der Waals surface area contributed by atoms with Gasteiger partial charge in [0.1, 0.15) is 35.5 Å². The molecule has 7 aromatic rings. The lowest BCUT2D eigenvalue weighted by Crippen LogP contribution is -2.58. The fraction of sp³-hybridized carbons (Fsp3) is 0.365. The Hall–Kier alpha value is -6.89. The average Bonchev–Trinajstić information content (AvgIpc) is 4.16. The fourth-order valence-corrected chi connectivity index (χ4v) is 11.3. The Kier molecular flexibility index (Phi) is 13.2. The van der Waals surface area contributed by atoms with Crippen molar-refractivity contribution in [2.45, 2.75) is 105 Å². The van der Waals surface area contributed by atoms with Crippen LogP contribution >= 0.6 is 22.7 Å². The number of rotatable bonds is 12. The molecule has 0 spiro atoms. The van der Waals surface area contributed by atoms with E-state index >= 15 is 0 Å². The molecule has 0 saturated carbocycles. The van der Waals surface area contributed by atoms with Crippen molar-refractivity contribution in [3.05, 3.63) is 123 Å². The molecule has 9 rings (SSSR count). The van der Waals surface area contributed by atoms with E-state index in [4.69, 9.17) is 9.73 Å². The zero-order chi connectivity index (χ0) is 49.8. The monoisotopic (exact) mass is 980 g/mol. The SMILES string of the molecule is COC(=O)C[C@@H]1N=C(c2ccc(-c3ccc4nn(CC(=O)N[C@H](C(=O)N5C[C@H](O)C[C@H]5C(=O)N[C@@H](C)c5ccc(-c6scnc6C)cc5)C(C)(C)C)cc4c3)cc2)c2c(sc(C)c2C)-n2c(C)nnc21. The third-order valence-corrected chi connectivity index (χ3v) is 15.4. The summed E-state index contributed by atoms with van der Waals surface area (Å²) in [5, 5.41) is 32.0. The lowest BCUT2D eigenvalue weighted by atomic mass is 9.85. The third-order valence-electron chi connectivity index (χ3n) is 13.2. The normalized spacial score (nSPS) is 17.6. The zero-order valence-electron chi connectivity index (χ0n) is 40.6. The predicted octanol–water partition coefficient (Wildman–Crippen LogP) is 7.53. The van der Waals surface area contributed by atoms with Crippen molar-refractivity contribution in [1.82, 2.24) is 45.1 Å². The van der Waals surface area contributed by atoms with E-state index in [2.05, 4.69) is 44.8 Å². The number of nitrogens with one attached hydrogen (secondary N) is 2. The molecular formula is C52H56N10O6S2. The molecule has 2 aliphatic heterocycles. The summed E-state index contributed by atoms with van der Waals surface area (Å²) in [6.07, 6.45) is 1.01. The first-order chi connectivity index (χ1) is 33.4. The Balaban J connectivity index is 0.884. The number of aromatic nitrogens is 6. The van der Waals surface area contributed by atoms with Gasteiger partial charge in [0.05, 0.1) is 53.0 Å². The van der Waals surface area contributed by atoms with Crippen LogP contribution < -0.4 is 10.6 Å². The Morgan fingerprint density at radius 1 is 0.914 bits per heavy atom. The molecule has 0 aliphatic carbocycles. The Bertz CT molecular complexity index is 3180. The first kappa shape index (κ1) is 48.1. The summed E-state index contributed by atoms with van der Waals surface area (Å²) in [6, 6.07) is 19.1. The van der Waals surface area contributed by atoms with Gasteiger partial charge in [-0.3, -0.25) is 33.4 Å². The lowest BCUT2D eigenvalue weighted by Gasteiger charge is -2.35. The van der Waals surface area contributed by atoms with Gasteiger partial charge in [-0.25, -0.2) is 4.98 Å². The fourth-order valence-electron chi connectivity index (χ4n) is 9.29. The number of β-amino-alcohol motifs (C(OH)–C–C–N with tert-alkyl or cyclic N) is 1. The molecule has 4 aromatic heterocycles. The second kappa shape index (κ2) is 19.1. The van der Waals surface area contributed by atoms with Gasteiger partial charge in [-0.2, -0.15) is 5.10 Å². The van der Waals surface area contributed by atoms with Crippen molar-refractivity contribution in [2.75, 3.05) is 13.7 Å². The highest BCUT2D eigenvalue weighted by atomic mass is 32.1. The number of ether oxygens (including phenoxy) is 1. The van der Waals surface area contributed by atoms with Crippen LogP contribution in [0, 0.1) is 33.1 Å². The number of fused-ring (bicyclic) bond motifs is 4. The number of hydrogen-bond donors (Lipinski definition) is 3. The number of aliphatic hydroxyl groups is 1. The molecule has 5 atom stereocenters. The smallest absolute Gasteiger partial charge is 0.308 e. The van der Waals surface area contributed by atoms with Gasteiger partial charge in [0.15, 0.2) is 5.82 Å². The largest absolute Gasteiger partial charge is 0.469 e. The Labute approximate surface area is 413 Å². The summed E-state index contributed by atoms with van der Waals surface area (Å²) in [4.78, 5) is 67.7. The highest BCUT2D eigenvalue weighted by Gasteiger charge is 2.45. The number of hydrogen-bond acceptors (Lipinski definition) is 13. The van der Waals surface area contributed by atoms with Gasteiger partial charge in [-0.1, -0.05) is 75.4 Å². The summed E-state index contributed by atoms with van der Waals surface area (Å²) in [6.45, 7) is 15.3. The van der Waals surface area contributed by atoms with Gasteiger partial charge < -0.3 is 25.4 Å². The number of carbonyl (C=O) groups excluding carboxylic acids is 4. The molecule has 3 amide bonds. The quantitative estimate of drug-likeness (QED) is 0.103. The number of benzene rings is 3. The molecule has 16 nitrogen and oxygen atoms in total. The number of likely N-dealkylation sites (tertiary alicyclic amines) is 1. The molecule has 1 saturated heterocycles.